The van der Waals surface area contributed by atoms with Crippen molar-refractivity contribution < 1.29 is 9.53 Å². The lowest BCUT2D eigenvalue weighted by Gasteiger charge is -2.15. The number of ether oxygens (including phenoxy) is 1. The van der Waals surface area contributed by atoms with Gasteiger partial charge < -0.3 is 21.1 Å². The Hall–Kier alpha value is -0.650. The van der Waals surface area contributed by atoms with E-state index in [0.717, 1.165) is 6.54 Å². The number of carbonyl (C=O) groups is 1. The number of carbonyl (C=O) groups excluding carboxylic acids is 1. The van der Waals surface area contributed by atoms with E-state index in [1.54, 1.807) is 0 Å². The molecule has 0 aliphatic rings. The predicted molar refractivity (Wildman–Crippen MR) is 51.2 cm³/mol. The summed E-state index contributed by atoms with van der Waals surface area (Å²) in [5.41, 5.74) is 10.4. The van der Waals surface area contributed by atoms with Gasteiger partial charge in [-0.3, -0.25) is 4.79 Å². The zero-order valence-electron chi connectivity index (χ0n) is 8.32. The molecule has 0 aliphatic carbocycles. The first-order chi connectivity index (χ1) is 6.07. The summed E-state index contributed by atoms with van der Waals surface area (Å²) in [5, 5.41) is 0. The second-order valence-electron chi connectivity index (χ2n) is 3.14. The zero-order valence-corrected chi connectivity index (χ0v) is 8.32. The molecule has 0 aliphatic heterocycles. The van der Waals surface area contributed by atoms with E-state index in [1.807, 2.05) is 19.0 Å². The summed E-state index contributed by atoms with van der Waals surface area (Å²) >= 11 is 0. The molecule has 0 aromatic rings. The molecule has 13 heavy (non-hydrogen) atoms. The summed E-state index contributed by atoms with van der Waals surface area (Å²) in [6, 6.07) is 0. The van der Waals surface area contributed by atoms with Crippen molar-refractivity contribution >= 4 is 5.91 Å². The van der Waals surface area contributed by atoms with E-state index in [-0.39, 0.29) is 0 Å². The van der Waals surface area contributed by atoms with E-state index in [0.29, 0.717) is 19.6 Å². The third-order valence-electron chi connectivity index (χ3n) is 1.60. The second-order valence-corrected chi connectivity index (χ2v) is 3.14. The number of amides is 1. The zero-order chi connectivity index (χ0) is 10.3. The number of hydrogen-bond acceptors (Lipinski definition) is 4. The maximum atomic E-state index is 10.8. The van der Waals surface area contributed by atoms with Gasteiger partial charge in [-0.1, -0.05) is 0 Å². The van der Waals surface area contributed by atoms with Crippen LogP contribution < -0.4 is 11.5 Å². The molecule has 0 spiro atoms. The van der Waals surface area contributed by atoms with Crippen LogP contribution in [0.3, 0.4) is 0 Å². The van der Waals surface area contributed by atoms with Crippen LogP contribution in [0.1, 0.15) is 6.42 Å². The quantitative estimate of drug-likeness (QED) is 0.525. The molecule has 5 heteroatoms. The van der Waals surface area contributed by atoms with Crippen molar-refractivity contribution in [2.75, 3.05) is 33.8 Å². The number of primary amides is 1. The lowest BCUT2D eigenvalue weighted by atomic mass is 10.2. The lowest BCUT2D eigenvalue weighted by Crippen LogP contribution is -2.35. The summed E-state index contributed by atoms with van der Waals surface area (Å²) < 4.78 is 5.26. The standard InChI is InChI=1S/C8H19N3O2/c1-11(2)5-6-13-7(3-4-9)8(10)12/h7H,3-6,9H2,1-2H3,(H2,10,12). The molecule has 0 fully saturated rings. The Labute approximate surface area is 79.0 Å². The normalized spacial score (nSPS) is 13.2. The second kappa shape index (κ2) is 6.82. The van der Waals surface area contributed by atoms with Gasteiger partial charge >= 0.3 is 0 Å². The highest BCUT2D eigenvalue weighted by atomic mass is 16.5. The van der Waals surface area contributed by atoms with Gasteiger partial charge in [-0.2, -0.15) is 0 Å². The molecule has 0 radical (unpaired) electrons. The largest absolute Gasteiger partial charge is 0.367 e. The Morgan fingerprint density at radius 3 is 2.54 bits per heavy atom. The van der Waals surface area contributed by atoms with Gasteiger partial charge in [0.25, 0.3) is 0 Å². The molecular formula is C8H19N3O2. The number of hydrogen-bond donors (Lipinski definition) is 2. The van der Waals surface area contributed by atoms with Crippen LogP contribution in [0, 0.1) is 0 Å². The first-order valence-corrected chi connectivity index (χ1v) is 4.33. The van der Waals surface area contributed by atoms with Gasteiger partial charge in [0.1, 0.15) is 6.10 Å². The highest BCUT2D eigenvalue weighted by Crippen LogP contribution is 1.96. The Morgan fingerprint density at radius 2 is 2.15 bits per heavy atom. The summed E-state index contributed by atoms with van der Waals surface area (Å²) in [5.74, 6) is -0.441. The fraction of sp³-hybridized carbons (Fsp3) is 0.875. The number of rotatable bonds is 7. The van der Waals surface area contributed by atoms with Gasteiger partial charge in [0.15, 0.2) is 0 Å². The summed E-state index contributed by atoms with van der Waals surface area (Å²) in [4.78, 5) is 12.8. The maximum Gasteiger partial charge on any atom is 0.246 e. The van der Waals surface area contributed by atoms with Crippen molar-refractivity contribution in [3.8, 4) is 0 Å². The highest BCUT2D eigenvalue weighted by Gasteiger charge is 2.14. The Morgan fingerprint density at radius 1 is 1.54 bits per heavy atom. The van der Waals surface area contributed by atoms with Crippen molar-refractivity contribution in [2.45, 2.75) is 12.5 Å². The fourth-order valence-electron chi connectivity index (χ4n) is 0.837. The van der Waals surface area contributed by atoms with Crippen LogP contribution in [-0.4, -0.2) is 50.7 Å². The smallest absolute Gasteiger partial charge is 0.246 e. The minimum Gasteiger partial charge on any atom is -0.367 e. The Bertz CT molecular complexity index is 150. The van der Waals surface area contributed by atoms with E-state index in [2.05, 4.69) is 0 Å². The summed E-state index contributed by atoms with van der Waals surface area (Å²) in [6.07, 6.45) is -0.0482. The Balaban J connectivity index is 3.63. The molecule has 0 aromatic heterocycles. The molecule has 1 atom stereocenters. The molecule has 4 N–H and O–H groups in total. The molecule has 5 nitrogen and oxygen atoms in total. The first-order valence-electron chi connectivity index (χ1n) is 4.33. The van der Waals surface area contributed by atoms with Gasteiger partial charge in [0, 0.05) is 6.54 Å². The van der Waals surface area contributed by atoms with Gasteiger partial charge in [0.05, 0.1) is 6.61 Å². The monoisotopic (exact) mass is 189 g/mol. The van der Waals surface area contributed by atoms with Gasteiger partial charge in [0.2, 0.25) is 5.91 Å². The van der Waals surface area contributed by atoms with E-state index in [4.69, 9.17) is 16.2 Å². The van der Waals surface area contributed by atoms with Crippen molar-refractivity contribution in [3.63, 3.8) is 0 Å². The van der Waals surface area contributed by atoms with Crippen LogP contribution in [-0.2, 0) is 9.53 Å². The maximum absolute atomic E-state index is 10.8. The minimum atomic E-state index is -0.537. The fourth-order valence-corrected chi connectivity index (χ4v) is 0.837. The molecule has 0 saturated heterocycles. The molecular weight excluding hydrogens is 170 g/mol. The summed E-state index contributed by atoms with van der Waals surface area (Å²) in [7, 11) is 3.87. The summed E-state index contributed by atoms with van der Waals surface area (Å²) in [6.45, 7) is 1.69. The van der Waals surface area contributed by atoms with Crippen LogP contribution in [0.2, 0.25) is 0 Å². The van der Waals surface area contributed by atoms with Crippen LogP contribution in [0.25, 0.3) is 0 Å². The van der Waals surface area contributed by atoms with Crippen LogP contribution in [0.5, 0.6) is 0 Å². The molecule has 0 aromatic carbocycles. The van der Waals surface area contributed by atoms with E-state index in [9.17, 15) is 4.79 Å². The number of likely N-dealkylation sites (N-methyl/N-ethyl adjacent to an activating group) is 1. The SMILES string of the molecule is CN(C)CCOC(CCN)C(N)=O. The topological polar surface area (TPSA) is 81.6 Å². The molecule has 1 unspecified atom stereocenters. The lowest BCUT2D eigenvalue weighted by molar-refractivity contribution is -0.129. The minimum absolute atomic E-state index is 0.412. The van der Waals surface area contributed by atoms with Crippen molar-refractivity contribution in [1.29, 1.82) is 0 Å². The predicted octanol–water partition coefficient (Wildman–Crippen LogP) is -1.23. The van der Waals surface area contributed by atoms with Crippen LogP contribution in [0.4, 0.5) is 0 Å². The molecule has 1 amide bonds. The molecule has 78 valence electrons. The first kappa shape index (κ1) is 12.3. The third kappa shape index (κ3) is 6.51. The molecule has 0 rings (SSSR count). The van der Waals surface area contributed by atoms with Crippen molar-refractivity contribution in [3.05, 3.63) is 0 Å². The number of nitrogens with zero attached hydrogens (tertiary/aromatic N) is 1. The van der Waals surface area contributed by atoms with Crippen LogP contribution >= 0.6 is 0 Å². The van der Waals surface area contributed by atoms with E-state index in [1.165, 1.54) is 0 Å². The van der Waals surface area contributed by atoms with Crippen molar-refractivity contribution in [2.24, 2.45) is 11.5 Å². The van der Waals surface area contributed by atoms with Gasteiger partial charge in [-0.05, 0) is 27.1 Å². The average Bonchev–Trinajstić information content (AvgIpc) is 2.02. The molecule has 0 saturated carbocycles. The third-order valence-corrected chi connectivity index (χ3v) is 1.60. The van der Waals surface area contributed by atoms with E-state index < -0.39 is 12.0 Å². The van der Waals surface area contributed by atoms with Crippen LogP contribution in [0.15, 0.2) is 0 Å². The van der Waals surface area contributed by atoms with Gasteiger partial charge in [-0.15, -0.1) is 0 Å². The van der Waals surface area contributed by atoms with E-state index >= 15 is 0 Å². The average molecular weight is 189 g/mol. The number of nitrogens with two attached hydrogens (primary N) is 2. The van der Waals surface area contributed by atoms with Gasteiger partial charge in [-0.25, -0.2) is 0 Å². The molecule has 0 heterocycles. The van der Waals surface area contributed by atoms with Crippen molar-refractivity contribution in [1.82, 2.24) is 4.90 Å². The highest BCUT2D eigenvalue weighted by molar-refractivity contribution is 5.78. The molecule has 0 bridgehead atoms. The Kier molecular flexibility index (Phi) is 6.48.